The van der Waals surface area contributed by atoms with E-state index in [0.717, 1.165) is 37.2 Å². The first-order valence-corrected chi connectivity index (χ1v) is 10.0. The fraction of sp³-hybridized carbons (Fsp3) is 0.409. The van der Waals surface area contributed by atoms with Gasteiger partial charge in [-0.15, -0.1) is 0 Å². The number of nitro benzene ring substituents is 1. The van der Waals surface area contributed by atoms with Crippen LogP contribution in [0.25, 0.3) is 0 Å². The van der Waals surface area contributed by atoms with Crippen LogP contribution in [0.4, 0.5) is 11.4 Å². The quantitative estimate of drug-likeness (QED) is 0.529. The largest absolute Gasteiger partial charge is 0.496 e. The Morgan fingerprint density at radius 2 is 1.93 bits per heavy atom. The van der Waals surface area contributed by atoms with Crippen LogP contribution in [0.5, 0.6) is 5.75 Å². The van der Waals surface area contributed by atoms with Crippen molar-refractivity contribution in [3.63, 3.8) is 0 Å². The molecule has 1 unspecified atom stereocenters. The summed E-state index contributed by atoms with van der Waals surface area (Å²) in [6, 6.07) is 12.3. The smallest absolute Gasteiger partial charge is 0.293 e. The number of carbonyl (C=O) groups is 1. The number of hydrogen-bond acceptors (Lipinski definition) is 6. The van der Waals surface area contributed by atoms with Gasteiger partial charge in [0.15, 0.2) is 0 Å². The van der Waals surface area contributed by atoms with Gasteiger partial charge in [0, 0.05) is 36.8 Å². The predicted octanol–water partition coefficient (Wildman–Crippen LogP) is 3.24. The molecule has 2 aromatic rings. The molecular formula is C22H28N4O4. The Morgan fingerprint density at radius 3 is 2.57 bits per heavy atom. The lowest BCUT2D eigenvalue weighted by Crippen LogP contribution is -2.34. The summed E-state index contributed by atoms with van der Waals surface area (Å²) >= 11 is 0. The van der Waals surface area contributed by atoms with Crippen LogP contribution in [-0.2, 0) is 0 Å². The molecule has 3 rings (SSSR count). The highest BCUT2D eigenvalue weighted by Gasteiger charge is 2.25. The van der Waals surface area contributed by atoms with Crippen molar-refractivity contribution in [3.05, 3.63) is 63.7 Å². The molecule has 1 heterocycles. The normalized spacial score (nSPS) is 14.6. The van der Waals surface area contributed by atoms with Crippen molar-refractivity contribution < 1.29 is 14.5 Å². The van der Waals surface area contributed by atoms with E-state index in [1.54, 1.807) is 19.2 Å². The van der Waals surface area contributed by atoms with Crippen molar-refractivity contribution in [2.24, 2.45) is 0 Å². The van der Waals surface area contributed by atoms with Gasteiger partial charge in [0.2, 0.25) is 0 Å². The van der Waals surface area contributed by atoms with Gasteiger partial charge < -0.3 is 19.9 Å². The maximum atomic E-state index is 12.8. The maximum Gasteiger partial charge on any atom is 0.293 e. The highest BCUT2D eigenvalue weighted by molar-refractivity contribution is 5.95. The number of likely N-dealkylation sites (N-methyl/N-ethyl adjacent to an activating group) is 1. The molecule has 0 bridgehead atoms. The minimum Gasteiger partial charge on any atom is -0.496 e. The van der Waals surface area contributed by atoms with E-state index in [1.807, 2.05) is 48.2 Å². The molecule has 1 fully saturated rings. The minimum atomic E-state index is -0.415. The first-order chi connectivity index (χ1) is 14.4. The van der Waals surface area contributed by atoms with Gasteiger partial charge in [0.25, 0.3) is 11.6 Å². The molecule has 1 amide bonds. The number of para-hydroxylation sites is 1. The number of nitrogens with one attached hydrogen (secondary N) is 1. The first kappa shape index (κ1) is 21.6. The average molecular weight is 412 g/mol. The molecule has 0 saturated carbocycles. The van der Waals surface area contributed by atoms with Crippen LogP contribution in [0.3, 0.4) is 0 Å². The Hall–Kier alpha value is -3.13. The Labute approximate surface area is 176 Å². The number of benzene rings is 2. The lowest BCUT2D eigenvalue weighted by Gasteiger charge is -2.26. The number of rotatable bonds is 8. The lowest BCUT2D eigenvalue weighted by atomic mass is 10.0. The Morgan fingerprint density at radius 1 is 1.23 bits per heavy atom. The number of ether oxygens (including phenoxy) is 1. The van der Waals surface area contributed by atoms with Crippen LogP contribution in [0.15, 0.2) is 42.5 Å². The van der Waals surface area contributed by atoms with E-state index in [4.69, 9.17) is 4.74 Å². The van der Waals surface area contributed by atoms with E-state index < -0.39 is 4.92 Å². The third kappa shape index (κ3) is 4.71. The zero-order valence-corrected chi connectivity index (χ0v) is 17.6. The molecule has 0 radical (unpaired) electrons. The summed E-state index contributed by atoms with van der Waals surface area (Å²) in [5, 5.41) is 14.5. The highest BCUT2D eigenvalue weighted by atomic mass is 16.6. The molecule has 8 nitrogen and oxygen atoms in total. The third-order valence-electron chi connectivity index (χ3n) is 5.46. The zero-order chi connectivity index (χ0) is 21.7. The molecule has 1 saturated heterocycles. The van der Waals surface area contributed by atoms with Gasteiger partial charge in [-0.3, -0.25) is 14.9 Å². The topological polar surface area (TPSA) is 87.9 Å². The van der Waals surface area contributed by atoms with Crippen molar-refractivity contribution in [1.29, 1.82) is 0 Å². The molecule has 2 aromatic carbocycles. The van der Waals surface area contributed by atoms with Crippen LogP contribution >= 0.6 is 0 Å². The summed E-state index contributed by atoms with van der Waals surface area (Å²) in [6.07, 6.45) is 2.04. The standard InChI is InChI=1S/C22H28N4O4/c1-24(2)20(17-8-4-5-9-21(17)30-3)15-23-22(27)16-10-11-18(19(14-16)26(28)29)25-12-6-7-13-25/h4-5,8-11,14,20H,6-7,12-13,15H2,1-3H3,(H,23,27). The number of anilines is 1. The van der Waals surface area contributed by atoms with Crippen LogP contribution < -0.4 is 15.0 Å². The van der Waals surface area contributed by atoms with Gasteiger partial charge in [-0.05, 0) is 45.1 Å². The van der Waals surface area contributed by atoms with Gasteiger partial charge in [-0.2, -0.15) is 0 Å². The number of hydrogen-bond donors (Lipinski definition) is 1. The fourth-order valence-electron chi connectivity index (χ4n) is 3.84. The molecular weight excluding hydrogens is 384 g/mol. The minimum absolute atomic E-state index is 0.0292. The number of carbonyl (C=O) groups excluding carboxylic acids is 1. The number of nitro groups is 1. The van der Waals surface area contributed by atoms with Gasteiger partial charge in [0.1, 0.15) is 11.4 Å². The Kier molecular flexibility index (Phi) is 6.89. The third-order valence-corrected chi connectivity index (χ3v) is 5.46. The van der Waals surface area contributed by atoms with Crippen molar-refractivity contribution >= 4 is 17.3 Å². The Balaban J connectivity index is 1.77. The summed E-state index contributed by atoms with van der Waals surface area (Å²) in [5.41, 5.74) is 1.79. The van der Waals surface area contributed by atoms with Crippen LogP contribution in [0.2, 0.25) is 0 Å². The number of nitrogens with zero attached hydrogens (tertiary/aromatic N) is 3. The fourth-order valence-corrected chi connectivity index (χ4v) is 3.84. The van der Waals surface area contributed by atoms with Crippen molar-refractivity contribution in [1.82, 2.24) is 10.2 Å². The molecule has 1 aliphatic heterocycles. The summed E-state index contributed by atoms with van der Waals surface area (Å²) < 4.78 is 5.45. The molecule has 0 spiro atoms. The van der Waals surface area contributed by atoms with E-state index in [0.29, 0.717) is 12.2 Å². The maximum absolute atomic E-state index is 12.8. The van der Waals surface area contributed by atoms with E-state index in [1.165, 1.54) is 6.07 Å². The van der Waals surface area contributed by atoms with Gasteiger partial charge in [0.05, 0.1) is 18.1 Å². The molecule has 0 aliphatic carbocycles. The SMILES string of the molecule is COc1ccccc1C(CNC(=O)c1ccc(N2CCCC2)c([N+](=O)[O-])c1)N(C)C. The van der Waals surface area contributed by atoms with E-state index in [9.17, 15) is 14.9 Å². The second kappa shape index (κ2) is 9.58. The van der Waals surface area contributed by atoms with Crippen molar-refractivity contribution in [3.8, 4) is 5.75 Å². The molecule has 30 heavy (non-hydrogen) atoms. The zero-order valence-electron chi connectivity index (χ0n) is 17.6. The van der Waals surface area contributed by atoms with E-state index in [2.05, 4.69) is 5.32 Å². The van der Waals surface area contributed by atoms with Gasteiger partial charge >= 0.3 is 0 Å². The first-order valence-electron chi connectivity index (χ1n) is 10.0. The lowest BCUT2D eigenvalue weighted by molar-refractivity contribution is -0.384. The van der Waals surface area contributed by atoms with Crippen LogP contribution in [0, 0.1) is 10.1 Å². The van der Waals surface area contributed by atoms with Gasteiger partial charge in [-0.25, -0.2) is 0 Å². The molecule has 1 atom stereocenters. The summed E-state index contributed by atoms with van der Waals surface area (Å²) in [5.74, 6) is 0.406. The second-order valence-electron chi connectivity index (χ2n) is 7.59. The second-order valence-corrected chi connectivity index (χ2v) is 7.59. The Bertz CT molecular complexity index is 910. The predicted molar refractivity (Wildman–Crippen MR) is 116 cm³/mol. The van der Waals surface area contributed by atoms with Crippen molar-refractivity contribution in [2.75, 3.05) is 45.7 Å². The molecule has 1 aliphatic rings. The van der Waals surface area contributed by atoms with Crippen LogP contribution in [0.1, 0.15) is 34.8 Å². The number of amides is 1. The summed E-state index contributed by atoms with van der Waals surface area (Å²) in [6.45, 7) is 1.94. The van der Waals surface area contributed by atoms with Crippen molar-refractivity contribution in [2.45, 2.75) is 18.9 Å². The molecule has 0 aromatic heterocycles. The molecule has 1 N–H and O–H groups in total. The monoisotopic (exact) mass is 412 g/mol. The molecule has 8 heteroatoms. The summed E-state index contributed by atoms with van der Waals surface area (Å²) in [4.78, 5) is 27.9. The summed E-state index contributed by atoms with van der Waals surface area (Å²) in [7, 11) is 5.48. The van der Waals surface area contributed by atoms with E-state index >= 15 is 0 Å². The van der Waals surface area contributed by atoms with E-state index in [-0.39, 0.29) is 23.2 Å². The van der Waals surface area contributed by atoms with Crippen LogP contribution in [-0.4, -0.2) is 56.6 Å². The average Bonchev–Trinajstić information content (AvgIpc) is 3.28. The highest BCUT2D eigenvalue weighted by Crippen LogP contribution is 2.32. The molecule has 160 valence electrons. The number of methoxy groups -OCH3 is 1. The van der Waals surface area contributed by atoms with Gasteiger partial charge in [-0.1, -0.05) is 18.2 Å².